The fourth-order valence-corrected chi connectivity index (χ4v) is 1.85. The molecule has 0 aromatic carbocycles. The Balaban J connectivity index is 2.36. The van der Waals surface area contributed by atoms with Gasteiger partial charge in [0.15, 0.2) is 0 Å². The summed E-state index contributed by atoms with van der Waals surface area (Å²) in [5.41, 5.74) is 0. The van der Waals surface area contributed by atoms with Crippen LogP contribution in [0.15, 0.2) is 12.7 Å². The van der Waals surface area contributed by atoms with Crippen LogP contribution in [-0.2, 0) is 4.79 Å². The average molecular weight is 200 g/mol. The zero-order chi connectivity index (χ0) is 9.68. The van der Waals surface area contributed by atoms with E-state index >= 15 is 0 Å². The first-order valence-electron chi connectivity index (χ1n) is 4.41. The Hall–Kier alpha value is -0.480. The Morgan fingerprint density at radius 3 is 3.23 bits per heavy atom. The van der Waals surface area contributed by atoms with Gasteiger partial charge in [0, 0.05) is 6.54 Å². The van der Waals surface area contributed by atoms with Crippen molar-refractivity contribution in [2.45, 2.75) is 12.5 Å². The average Bonchev–Trinajstić information content (AvgIpc) is 2.46. The van der Waals surface area contributed by atoms with Crippen molar-refractivity contribution in [3.63, 3.8) is 0 Å². The van der Waals surface area contributed by atoms with Crippen molar-refractivity contribution in [3.05, 3.63) is 12.7 Å². The molecule has 1 saturated heterocycles. The molecule has 1 atom stereocenters. The van der Waals surface area contributed by atoms with Crippen molar-refractivity contribution in [1.82, 2.24) is 10.2 Å². The van der Waals surface area contributed by atoms with Crippen LogP contribution in [0.1, 0.15) is 6.42 Å². The second-order valence-electron chi connectivity index (χ2n) is 3.05. The Kier molecular flexibility index (Phi) is 4.32. The quantitative estimate of drug-likeness (QED) is 0.663. The number of carbonyl (C=O) groups excluding carboxylic acids is 1. The number of nitrogens with zero attached hydrogens (tertiary/aromatic N) is 1. The van der Waals surface area contributed by atoms with Gasteiger partial charge in [-0.2, -0.15) is 11.8 Å². The van der Waals surface area contributed by atoms with Crippen molar-refractivity contribution in [2.75, 3.05) is 25.2 Å². The lowest BCUT2D eigenvalue weighted by molar-refractivity contribution is -0.128. The van der Waals surface area contributed by atoms with E-state index in [1.807, 2.05) is 0 Å². The van der Waals surface area contributed by atoms with Gasteiger partial charge >= 0.3 is 0 Å². The molecule has 1 amide bonds. The molecule has 1 heterocycles. The SMILES string of the molecule is C=CCN1CNC(CCSC)C1=O. The normalized spacial score (nSPS) is 22.4. The van der Waals surface area contributed by atoms with Gasteiger partial charge in [0.2, 0.25) is 5.91 Å². The third kappa shape index (κ3) is 2.74. The fraction of sp³-hybridized carbons (Fsp3) is 0.667. The maximum absolute atomic E-state index is 11.6. The van der Waals surface area contributed by atoms with Crippen molar-refractivity contribution in [1.29, 1.82) is 0 Å². The molecule has 13 heavy (non-hydrogen) atoms. The highest BCUT2D eigenvalue weighted by molar-refractivity contribution is 7.98. The lowest BCUT2D eigenvalue weighted by Gasteiger charge is -2.11. The van der Waals surface area contributed by atoms with Gasteiger partial charge in [-0.15, -0.1) is 6.58 Å². The number of thioether (sulfide) groups is 1. The van der Waals surface area contributed by atoms with E-state index in [1.165, 1.54) is 0 Å². The molecule has 0 aromatic heterocycles. The zero-order valence-electron chi connectivity index (χ0n) is 7.95. The molecule has 1 aliphatic heterocycles. The van der Waals surface area contributed by atoms with Gasteiger partial charge in [-0.1, -0.05) is 6.08 Å². The minimum absolute atomic E-state index is 0.0346. The molecule has 3 nitrogen and oxygen atoms in total. The molecule has 0 aliphatic carbocycles. The molecular weight excluding hydrogens is 184 g/mol. The Morgan fingerprint density at radius 2 is 2.62 bits per heavy atom. The summed E-state index contributed by atoms with van der Waals surface area (Å²) in [6.45, 7) is 4.94. The molecule has 74 valence electrons. The summed E-state index contributed by atoms with van der Waals surface area (Å²) in [4.78, 5) is 13.4. The van der Waals surface area contributed by atoms with Crippen LogP contribution in [0, 0.1) is 0 Å². The fourth-order valence-electron chi connectivity index (χ4n) is 1.38. The van der Waals surface area contributed by atoms with Gasteiger partial charge in [0.25, 0.3) is 0 Å². The van der Waals surface area contributed by atoms with Crippen LogP contribution in [0.25, 0.3) is 0 Å². The largest absolute Gasteiger partial charge is 0.325 e. The molecule has 0 saturated carbocycles. The standard InChI is InChI=1S/C9H16N2OS/c1-3-5-11-7-10-8(9(11)12)4-6-13-2/h3,8,10H,1,4-7H2,2H3. The maximum atomic E-state index is 11.6. The molecule has 0 spiro atoms. The Labute approximate surface area is 83.6 Å². The van der Waals surface area contributed by atoms with Crippen molar-refractivity contribution in [2.24, 2.45) is 0 Å². The number of nitrogens with one attached hydrogen (secondary N) is 1. The van der Waals surface area contributed by atoms with Gasteiger partial charge in [0.1, 0.15) is 0 Å². The van der Waals surface area contributed by atoms with Crippen molar-refractivity contribution >= 4 is 17.7 Å². The molecule has 4 heteroatoms. The van der Waals surface area contributed by atoms with Crippen LogP contribution in [0.3, 0.4) is 0 Å². The summed E-state index contributed by atoms with van der Waals surface area (Å²) < 4.78 is 0. The van der Waals surface area contributed by atoms with E-state index in [-0.39, 0.29) is 11.9 Å². The van der Waals surface area contributed by atoms with E-state index in [2.05, 4.69) is 18.2 Å². The molecule has 1 rings (SSSR count). The smallest absolute Gasteiger partial charge is 0.241 e. The van der Waals surface area contributed by atoms with E-state index in [4.69, 9.17) is 0 Å². The number of amides is 1. The van der Waals surface area contributed by atoms with Crippen molar-refractivity contribution < 1.29 is 4.79 Å². The molecule has 1 aliphatic rings. The van der Waals surface area contributed by atoms with Gasteiger partial charge in [-0.25, -0.2) is 0 Å². The molecule has 1 unspecified atom stereocenters. The van der Waals surface area contributed by atoms with Crippen LogP contribution >= 0.6 is 11.8 Å². The highest BCUT2D eigenvalue weighted by Crippen LogP contribution is 2.09. The zero-order valence-corrected chi connectivity index (χ0v) is 8.77. The van der Waals surface area contributed by atoms with Gasteiger partial charge in [-0.05, 0) is 18.4 Å². The second-order valence-corrected chi connectivity index (χ2v) is 4.03. The molecule has 0 aromatic rings. The lowest BCUT2D eigenvalue weighted by Crippen LogP contribution is -2.31. The van der Waals surface area contributed by atoms with Crippen LogP contribution in [0.5, 0.6) is 0 Å². The van der Waals surface area contributed by atoms with Crippen LogP contribution in [0.4, 0.5) is 0 Å². The molecular formula is C9H16N2OS. The predicted molar refractivity (Wildman–Crippen MR) is 56.7 cm³/mol. The molecule has 1 N–H and O–H groups in total. The summed E-state index contributed by atoms with van der Waals surface area (Å²) in [5.74, 6) is 1.25. The van der Waals surface area contributed by atoms with E-state index in [1.54, 1.807) is 22.7 Å². The number of hydrogen-bond acceptors (Lipinski definition) is 3. The summed E-state index contributed by atoms with van der Waals surface area (Å²) in [5, 5.41) is 3.19. The maximum Gasteiger partial charge on any atom is 0.241 e. The number of rotatable bonds is 5. The lowest BCUT2D eigenvalue weighted by atomic mass is 10.2. The first-order valence-corrected chi connectivity index (χ1v) is 5.81. The van der Waals surface area contributed by atoms with E-state index in [0.29, 0.717) is 13.2 Å². The summed E-state index contributed by atoms with van der Waals surface area (Å²) in [6.07, 6.45) is 4.74. The number of hydrogen-bond donors (Lipinski definition) is 1. The highest BCUT2D eigenvalue weighted by atomic mass is 32.2. The second kappa shape index (κ2) is 5.29. The number of carbonyl (C=O) groups is 1. The van der Waals surface area contributed by atoms with E-state index in [0.717, 1.165) is 12.2 Å². The van der Waals surface area contributed by atoms with Crippen LogP contribution < -0.4 is 5.32 Å². The van der Waals surface area contributed by atoms with E-state index < -0.39 is 0 Å². The summed E-state index contributed by atoms with van der Waals surface area (Å²) in [6, 6.07) is 0.0346. The molecule has 1 fully saturated rings. The van der Waals surface area contributed by atoms with Crippen LogP contribution in [-0.4, -0.2) is 42.1 Å². The first-order chi connectivity index (χ1) is 6.29. The summed E-state index contributed by atoms with van der Waals surface area (Å²) >= 11 is 1.77. The Morgan fingerprint density at radius 1 is 1.85 bits per heavy atom. The first kappa shape index (κ1) is 10.6. The molecule has 0 bridgehead atoms. The highest BCUT2D eigenvalue weighted by Gasteiger charge is 2.29. The third-order valence-corrected chi connectivity index (χ3v) is 2.74. The monoisotopic (exact) mass is 200 g/mol. The summed E-state index contributed by atoms with van der Waals surface area (Å²) in [7, 11) is 0. The van der Waals surface area contributed by atoms with Crippen LogP contribution in [0.2, 0.25) is 0 Å². The van der Waals surface area contributed by atoms with Gasteiger partial charge in [0.05, 0.1) is 12.7 Å². The minimum atomic E-state index is 0.0346. The van der Waals surface area contributed by atoms with Gasteiger partial charge < -0.3 is 4.90 Å². The van der Waals surface area contributed by atoms with E-state index in [9.17, 15) is 4.79 Å². The molecule has 0 radical (unpaired) electrons. The predicted octanol–water partition coefficient (Wildman–Crippen LogP) is 0.683. The van der Waals surface area contributed by atoms with Crippen molar-refractivity contribution in [3.8, 4) is 0 Å². The minimum Gasteiger partial charge on any atom is -0.325 e. The topological polar surface area (TPSA) is 32.3 Å². The third-order valence-electron chi connectivity index (χ3n) is 2.10. The van der Waals surface area contributed by atoms with Gasteiger partial charge in [-0.3, -0.25) is 10.1 Å². The Bertz CT molecular complexity index is 196.